The molecule has 0 saturated heterocycles. The number of nitriles is 1. The lowest BCUT2D eigenvalue weighted by Gasteiger charge is -2.17. The number of rotatable bonds is 8. The van der Waals surface area contributed by atoms with Crippen LogP contribution in [0.5, 0.6) is 23.0 Å². The predicted octanol–water partition coefficient (Wildman–Crippen LogP) is 5.45. The van der Waals surface area contributed by atoms with Gasteiger partial charge in [-0.3, -0.25) is 9.97 Å². The third-order valence-electron chi connectivity index (χ3n) is 5.44. The van der Waals surface area contributed by atoms with Crippen molar-refractivity contribution in [1.82, 2.24) is 9.97 Å². The van der Waals surface area contributed by atoms with E-state index in [0.29, 0.717) is 45.5 Å². The van der Waals surface area contributed by atoms with Crippen molar-refractivity contribution in [2.24, 2.45) is 0 Å². The van der Waals surface area contributed by atoms with E-state index in [1.807, 2.05) is 36.4 Å². The molecule has 35 heavy (non-hydrogen) atoms. The van der Waals surface area contributed by atoms with Crippen LogP contribution in [0.1, 0.15) is 16.7 Å². The van der Waals surface area contributed by atoms with E-state index in [1.54, 1.807) is 59.2 Å². The zero-order valence-corrected chi connectivity index (χ0v) is 19.8. The first kappa shape index (κ1) is 23.4. The summed E-state index contributed by atoms with van der Waals surface area (Å²) in [7, 11) is 6.26. The summed E-state index contributed by atoms with van der Waals surface area (Å²) in [5, 5.41) is 13.9. The second-order valence-corrected chi connectivity index (χ2v) is 7.42. The van der Waals surface area contributed by atoms with Crippen LogP contribution in [0.4, 0.5) is 11.4 Å². The molecule has 8 heteroatoms. The summed E-state index contributed by atoms with van der Waals surface area (Å²) in [4.78, 5) is 8.55. The third-order valence-corrected chi connectivity index (χ3v) is 5.44. The lowest BCUT2D eigenvalue weighted by atomic mass is 10.0. The van der Waals surface area contributed by atoms with Crippen LogP contribution >= 0.6 is 0 Å². The van der Waals surface area contributed by atoms with E-state index in [2.05, 4.69) is 21.4 Å². The van der Waals surface area contributed by atoms with Crippen molar-refractivity contribution in [1.29, 1.82) is 5.26 Å². The van der Waals surface area contributed by atoms with E-state index < -0.39 is 0 Å². The Balaban J connectivity index is 1.82. The Morgan fingerprint density at radius 2 is 1.54 bits per heavy atom. The first-order chi connectivity index (χ1) is 17.1. The quantitative estimate of drug-likeness (QED) is 0.364. The van der Waals surface area contributed by atoms with Crippen LogP contribution in [0.2, 0.25) is 0 Å². The lowest BCUT2D eigenvalue weighted by molar-refractivity contribution is 0.324. The number of fused-ring (bicyclic) bond motifs is 1. The van der Waals surface area contributed by atoms with Gasteiger partial charge in [0.25, 0.3) is 0 Å². The summed E-state index contributed by atoms with van der Waals surface area (Å²) in [6.45, 7) is 0. The first-order valence-corrected chi connectivity index (χ1v) is 10.7. The molecular formula is C27H24N4O4. The maximum absolute atomic E-state index is 9.78. The first-order valence-electron chi connectivity index (χ1n) is 10.7. The van der Waals surface area contributed by atoms with E-state index in [4.69, 9.17) is 18.9 Å². The van der Waals surface area contributed by atoms with Gasteiger partial charge in [0.1, 0.15) is 11.8 Å². The van der Waals surface area contributed by atoms with Crippen molar-refractivity contribution in [2.75, 3.05) is 33.8 Å². The number of ether oxygens (including phenoxy) is 4. The smallest absolute Gasteiger partial charge is 0.203 e. The van der Waals surface area contributed by atoms with Crippen LogP contribution in [0.15, 0.2) is 55.0 Å². The number of hydrogen-bond donors (Lipinski definition) is 1. The summed E-state index contributed by atoms with van der Waals surface area (Å²) in [6, 6.07) is 13.4. The van der Waals surface area contributed by atoms with E-state index in [9.17, 15) is 5.26 Å². The molecule has 2 heterocycles. The van der Waals surface area contributed by atoms with Gasteiger partial charge in [0.05, 0.1) is 45.2 Å². The highest BCUT2D eigenvalue weighted by atomic mass is 16.5. The van der Waals surface area contributed by atoms with Gasteiger partial charge >= 0.3 is 0 Å². The molecule has 4 rings (SSSR count). The van der Waals surface area contributed by atoms with Crippen molar-refractivity contribution in [2.45, 2.75) is 0 Å². The molecule has 0 fully saturated rings. The Morgan fingerprint density at radius 3 is 2.14 bits per heavy atom. The molecular weight excluding hydrogens is 444 g/mol. The van der Waals surface area contributed by atoms with Crippen molar-refractivity contribution in [3.63, 3.8) is 0 Å². The van der Waals surface area contributed by atoms with Gasteiger partial charge < -0.3 is 24.3 Å². The number of nitrogens with one attached hydrogen (secondary N) is 1. The topological polar surface area (TPSA) is 98.5 Å². The largest absolute Gasteiger partial charge is 0.496 e. The van der Waals surface area contributed by atoms with Gasteiger partial charge in [-0.05, 0) is 29.8 Å². The normalized spacial score (nSPS) is 10.7. The Hall–Kier alpha value is -4.77. The van der Waals surface area contributed by atoms with Crippen molar-refractivity contribution < 1.29 is 18.9 Å². The monoisotopic (exact) mass is 468 g/mol. The molecule has 0 saturated carbocycles. The van der Waals surface area contributed by atoms with E-state index >= 15 is 0 Å². The zero-order chi connectivity index (χ0) is 24.8. The van der Waals surface area contributed by atoms with Crippen molar-refractivity contribution >= 4 is 34.4 Å². The maximum Gasteiger partial charge on any atom is 0.203 e. The molecule has 0 bridgehead atoms. The molecule has 0 unspecified atom stereocenters. The summed E-state index contributed by atoms with van der Waals surface area (Å²) in [6.07, 6.45) is 8.96. The fourth-order valence-electron chi connectivity index (χ4n) is 3.72. The zero-order valence-electron chi connectivity index (χ0n) is 19.8. The van der Waals surface area contributed by atoms with Crippen LogP contribution < -0.4 is 24.3 Å². The second-order valence-electron chi connectivity index (χ2n) is 7.42. The minimum absolute atomic E-state index is 0.383. The maximum atomic E-state index is 9.78. The molecule has 2 aromatic heterocycles. The van der Waals surface area contributed by atoms with Gasteiger partial charge in [0.15, 0.2) is 11.5 Å². The van der Waals surface area contributed by atoms with Gasteiger partial charge in [-0.1, -0.05) is 12.2 Å². The average molecular weight is 469 g/mol. The molecule has 0 amide bonds. The summed E-state index contributed by atoms with van der Waals surface area (Å²) in [5.74, 6) is 2.11. The number of benzene rings is 2. The van der Waals surface area contributed by atoms with E-state index in [1.165, 1.54) is 0 Å². The van der Waals surface area contributed by atoms with E-state index in [0.717, 1.165) is 16.5 Å². The van der Waals surface area contributed by atoms with Gasteiger partial charge in [0.2, 0.25) is 5.75 Å². The van der Waals surface area contributed by atoms with Crippen LogP contribution in [0, 0.1) is 11.3 Å². The fraction of sp³-hybridized carbons (Fsp3) is 0.148. The van der Waals surface area contributed by atoms with Crippen molar-refractivity contribution in [3.05, 3.63) is 71.7 Å². The van der Waals surface area contributed by atoms with Gasteiger partial charge in [-0.25, -0.2) is 0 Å². The minimum Gasteiger partial charge on any atom is -0.496 e. The molecule has 0 atom stereocenters. The van der Waals surface area contributed by atoms with Gasteiger partial charge in [-0.2, -0.15) is 5.26 Å². The average Bonchev–Trinajstić information content (AvgIpc) is 2.91. The molecule has 1 N–H and O–H groups in total. The molecule has 2 aromatic carbocycles. The molecule has 176 valence electrons. The summed E-state index contributed by atoms with van der Waals surface area (Å²) < 4.78 is 22.0. The molecule has 0 radical (unpaired) electrons. The van der Waals surface area contributed by atoms with E-state index in [-0.39, 0.29) is 0 Å². The fourth-order valence-corrected chi connectivity index (χ4v) is 3.72. The SMILES string of the molecule is COc1cc2c(Nc3cc(OC)c(OC)c(OC)c3)c(C#N)cnc2cc1/C=C/c1ccncc1. The predicted molar refractivity (Wildman–Crippen MR) is 136 cm³/mol. The Kier molecular flexibility index (Phi) is 6.98. The van der Waals surface area contributed by atoms with Crippen LogP contribution in [-0.2, 0) is 0 Å². The van der Waals surface area contributed by atoms with Crippen LogP contribution in [0.25, 0.3) is 23.1 Å². The second kappa shape index (κ2) is 10.4. The highest BCUT2D eigenvalue weighted by Crippen LogP contribution is 2.42. The standard InChI is InChI=1S/C27H24N4O4/c1-32-23-14-21-22(11-18(23)6-5-17-7-9-29-10-8-17)30-16-19(15-28)26(21)31-20-12-24(33-2)27(35-4)25(13-20)34-3/h5-14,16H,1-4H3,(H,30,31)/b6-5+. The number of anilines is 2. The minimum atomic E-state index is 0.383. The molecule has 8 nitrogen and oxygen atoms in total. The molecule has 0 aliphatic rings. The third kappa shape index (κ3) is 4.80. The Morgan fingerprint density at radius 1 is 0.857 bits per heavy atom. The lowest BCUT2D eigenvalue weighted by Crippen LogP contribution is -2.00. The molecule has 0 spiro atoms. The number of methoxy groups -OCH3 is 4. The number of aromatic nitrogens is 2. The summed E-state index contributed by atoms with van der Waals surface area (Å²) >= 11 is 0. The highest BCUT2D eigenvalue weighted by molar-refractivity contribution is 5.98. The summed E-state index contributed by atoms with van der Waals surface area (Å²) in [5.41, 5.74) is 4.20. The van der Waals surface area contributed by atoms with Crippen LogP contribution in [-0.4, -0.2) is 38.4 Å². The Labute approximate surface area is 203 Å². The van der Waals surface area contributed by atoms with Gasteiger partial charge in [0, 0.05) is 47.4 Å². The van der Waals surface area contributed by atoms with Gasteiger partial charge in [-0.15, -0.1) is 0 Å². The highest BCUT2D eigenvalue weighted by Gasteiger charge is 2.17. The van der Waals surface area contributed by atoms with Crippen molar-refractivity contribution in [3.8, 4) is 29.1 Å². The number of pyridine rings is 2. The number of nitrogens with zero attached hydrogens (tertiary/aromatic N) is 3. The van der Waals surface area contributed by atoms with Crippen LogP contribution in [0.3, 0.4) is 0 Å². The Bertz CT molecular complexity index is 1400. The molecule has 0 aliphatic heterocycles. The molecule has 0 aliphatic carbocycles. The molecule has 4 aromatic rings. The number of hydrogen-bond acceptors (Lipinski definition) is 8.